The van der Waals surface area contributed by atoms with Gasteiger partial charge in [0.15, 0.2) is 12.0 Å². The smallest absolute Gasteiger partial charge is 0.212 e. The van der Waals surface area contributed by atoms with E-state index >= 15 is 0 Å². The van der Waals surface area contributed by atoms with Gasteiger partial charge in [-0.3, -0.25) is 4.79 Å². The van der Waals surface area contributed by atoms with E-state index in [1.807, 2.05) is 12.3 Å². The van der Waals surface area contributed by atoms with Crippen molar-refractivity contribution < 1.29 is 9.18 Å². The maximum Gasteiger partial charge on any atom is 0.212 e. The van der Waals surface area contributed by atoms with Gasteiger partial charge in [-0.05, 0) is 19.1 Å². The van der Waals surface area contributed by atoms with E-state index in [9.17, 15) is 9.18 Å². The number of carbonyl (C=O) groups is 1. The highest BCUT2D eigenvalue weighted by Gasteiger charge is 2.20. The number of hydrogen-bond acceptors (Lipinski definition) is 5. The highest BCUT2D eigenvalue weighted by molar-refractivity contribution is 7.12. The number of thiazole rings is 1. The van der Waals surface area contributed by atoms with Gasteiger partial charge in [-0.1, -0.05) is 17.3 Å². The Hall–Kier alpha value is -2.41. The second-order valence-corrected chi connectivity index (χ2v) is 4.94. The number of carbonyl (C=O) groups excluding carboxylic acids is 1. The molecule has 0 aliphatic rings. The Bertz CT molecular complexity index is 780. The molecule has 0 spiro atoms. The zero-order valence-electron chi connectivity index (χ0n) is 10.4. The van der Waals surface area contributed by atoms with Gasteiger partial charge in [0.25, 0.3) is 0 Å². The van der Waals surface area contributed by atoms with Gasteiger partial charge >= 0.3 is 0 Å². The summed E-state index contributed by atoms with van der Waals surface area (Å²) in [7, 11) is 0. The highest BCUT2D eigenvalue weighted by Crippen LogP contribution is 2.27. The van der Waals surface area contributed by atoms with Crippen LogP contribution in [0.3, 0.4) is 0 Å². The normalized spacial score (nSPS) is 10.7. The first kappa shape index (κ1) is 12.6. The third kappa shape index (κ3) is 2.01. The summed E-state index contributed by atoms with van der Waals surface area (Å²) in [6.07, 6.45) is 0.561. The molecule has 2 heterocycles. The Labute approximate surface area is 117 Å². The van der Waals surface area contributed by atoms with Crippen molar-refractivity contribution >= 4 is 17.6 Å². The summed E-state index contributed by atoms with van der Waals surface area (Å²) in [5.41, 5.74) is 1.50. The van der Waals surface area contributed by atoms with E-state index in [-0.39, 0.29) is 11.3 Å². The summed E-state index contributed by atoms with van der Waals surface area (Å²) in [6.45, 7) is 1.85. The molecule has 0 radical (unpaired) electrons. The molecule has 0 amide bonds. The lowest BCUT2D eigenvalue weighted by Crippen LogP contribution is -2.01. The molecule has 5 nitrogen and oxygen atoms in total. The Morgan fingerprint density at radius 2 is 2.15 bits per heavy atom. The minimum absolute atomic E-state index is 0.0861. The van der Waals surface area contributed by atoms with Crippen LogP contribution in [0.2, 0.25) is 0 Å². The minimum atomic E-state index is -0.438. The predicted molar refractivity (Wildman–Crippen MR) is 72.5 cm³/mol. The summed E-state index contributed by atoms with van der Waals surface area (Å²) in [4.78, 5) is 15.4. The number of rotatable bonds is 3. The first-order chi connectivity index (χ1) is 9.70. The van der Waals surface area contributed by atoms with Crippen molar-refractivity contribution in [2.45, 2.75) is 6.92 Å². The van der Waals surface area contributed by atoms with E-state index in [0.717, 1.165) is 5.69 Å². The average Bonchev–Trinajstić information content (AvgIpc) is 3.05. The Balaban J connectivity index is 2.26. The van der Waals surface area contributed by atoms with Gasteiger partial charge in [0, 0.05) is 10.9 Å². The van der Waals surface area contributed by atoms with E-state index in [4.69, 9.17) is 0 Å². The van der Waals surface area contributed by atoms with E-state index in [1.165, 1.54) is 22.1 Å². The number of halogens is 1. The number of nitrogens with zero attached hydrogens (tertiary/aromatic N) is 4. The molecule has 0 aliphatic heterocycles. The Morgan fingerprint density at radius 3 is 2.80 bits per heavy atom. The lowest BCUT2D eigenvalue weighted by molar-refractivity contribution is 0.111. The van der Waals surface area contributed by atoms with E-state index in [2.05, 4.69) is 15.3 Å². The maximum absolute atomic E-state index is 14.0. The van der Waals surface area contributed by atoms with Crippen molar-refractivity contribution in [2.24, 2.45) is 0 Å². The van der Waals surface area contributed by atoms with Gasteiger partial charge in [-0.2, -0.15) is 4.68 Å². The Kier molecular flexibility index (Phi) is 3.11. The fraction of sp³-hybridized carbons (Fsp3) is 0.0769. The lowest BCUT2D eigenvalue weighted by atomic mass is 10.1. The summed E-state index contributed by atoms with van der Waals surface area (Å²) in [5, 5.41) is 10.1. The van der Waals surface area contributed by atoms with Gasteiger partial charge in [-0.25, -0.2) is 9.37 Å². The topological polar surface area (TPSA) is 60.7 Å². The minimum Gasteiger partial charge on any atom is -0.296 e. The lowest BCUT2D eigenvalue weighted by Gasteiger charge is -2.04. The first-order valence-electron chi connectivity index (χ1n) is 5.79. The number of benzene rings is 1. The largest absolute Gasteiger partial charge is 0.296 e. The number of hydrogen-bond donors (Lipinski definition) is 0. The van der Waals surface area contributed by atoms with Crippen molar-refractivity contribution in [3.63, 3.8) is 0 Å². The molecule has 2 aromatic heterocycles. The maximum atomic E-state index is 14.0. The fourth-order valence-electron chi connectivity index (χ4n) is 1.85. The molecule has 1 aromatic carbocycles. The van der Waals surface area contributed by atoms with E-state index in [1.54, 1.807) is 18.2 Å². The van der Waals surface area contributed by atoms with Crippen LogP contribution >= 0.6 is 11.3 Å². The molecule has 0 N–H and O–H groups in total. The molecule has 3 rings (SSSR count). The molecule has 3 aromatic rings. The van der Waals surface area contributed by atoms with Crippen molar-refractivity contribution in [3.8, 4) is 16.4 Å². The molecule has 0 saturated carbocycles. The monoisotopic (exact) mass is 288 g/mol. The van der Waals surface area contributed by atoms with Crippen LogP contribution in [0.5, 0.6) is 0 Å². The molecule has 100 valence electrons. The van der Waals surface area contributed by atoms with Gasteiger partial charge in [0.05, 0.1) is 5.69 Å². The summed E-state index contributed by atoms with van der Waals surface area (Å²) in [5.74, 6) is -0.438. The summed E-state index contributed by atoms with van der Waals surface area (Å²) >= 11 is 1.35. The van der Waals surface area contributed by atoms with Crippen LogP contribution in [-0.4, -0.2) is 26.3 Å². The van der Waals surface area contributed by atoms with E-state index in [0.29, 0.717) is 17.1 Å². The second-order valence-electron chi connectivity index (χ2n) is 4.10. The van der Waals surface area contributed by atoms with Crippen LogP contribution in [0.25, 0.3) is 16.4 Å². The van der Waals surface area contributed by atoms with Crippen molar-refractivity contribution in [1.82, 2.24) is 20.0 Å². The van der Waals surface area contributed by atoms with Gasteiger partial charge in [0.1, 0.15) is 11.5 Å². The molecular weight excluding hydrogens is 279 g/mol. The van der Waals surface area contributed by atoms with Crippen molar-refractivity contribution in [3.05, 3.63) is 46.9 Å². The molecule has 0 bridgehead atoms. The Morgan fingerprint density at radius 1 is 1.35 bits per heavy atom. The van der Waals surface area contributed by atoms with Gasteiger partial charge in [0.2, 0.25) is 5.13 Å². The third-order valence-corrected chi connectivity index (χ3v) is 3.66. The van der Waals surface area contributed by atoms with Gasteiger partial charge < -0.3 is 0 Å². The standard InChI is InChI=1S/C13H9FN4OS/c1-8-7-20-13(15-8)18-12(11(6-19)16-17-18)9-4-2-3-5-10(9)14/h2-7H,1H3. The van der Waals surface area contributed by atoms with Crippen molar-refractivity contribution in [2.75, 3.05) is 0 Å². The summed E-state index contributed by atoms with van der Waals surface area (Å²) in [6, 6.07) is 6.19. The van der Waals surface area contributed by atoms with Crippen LogP contribution < -0.4 is 0 Å². The quantitative estimate of drug-likeness (QED) is 0.695. The number of aromatic nitrogens is 4. The molecular formula is C13H9FN4OS. The van der Waals surface area contributed by atoms with Gasteiger partial charge in [-0.15, -0.1) is 16.4 Å². The number of aldehydes is 1. The SMILES string of the molecule is Cc1csc(-n2nnc(C=O)c2-c2ccccc2F)n1. The van der Waals surface area contributed by atoms with E-state index < -0.39 is 5.82 Å². The molecule has 0 atom stereocenters. The van der Waals surface area contributed by atoms with Crippen LogP contribution in [0.4, 0.5) is 4.39 Å². The highest BCUT2D eigenvalue weighted by atomic mass is 32.1. The number of aryl methyl sites for hydroxylation is 1. The molecule has 0 saturated heterocycles. The predicted octanol–water partition coefficient (Wildman–Crippen LogP) is 2.65. The molecule has 0 unspecified atom stereocenters. The van der Waals surface area contributed by atoms with Crippen LogP contribution in [0.15, 0.2) is 29.6 Å². The average molecular weight is 288 g/mol. The summed E-state index contributed by atoms with van der Waals surface area (Å²) < 4.78 is 15.4. The third-order valence-electron chi connectivity index (χ3n) is 2.73. The zero-order chi connectivity index (χ0) is 14.1. The second kappa shape index (κ2) is 4.93. The molecule has 0 fully saturated rings. The first-order valence-corrected chi connectivity index (χ1v) is 6.67. The van der Waals surface area contributed by atoms with Crippen LogP contribution in [0, 0.1) is 12.7 Å². The molecule has 0 aliphatic carbocycles. The van der Waals surface area contributed by atoms with Crippen molar-refractivity contribution in [1.29, 1.82) is 0 Å². The molecule has 7 heteroatoms. The van der Waals surface area contributed by atoms with Crippen LogP contribution in [0.1, 0.15) is 16.2 Å². The zero-order valence-corrected chi connectivity index (χ0v) is 11.3. The van der Waals surface area contributed by atoms with Crippen LogP contribution in [-0.2, 0) is 0 Å². The molecule has 20 heavy (non-hydrogen) atoms. The fourth-order valence-corrected chi connectivity index (χ4v) is 2.60.